The van der Waals surface area contributed by atoms with E-state index in [0.29, 0.717) is 43.4 Å². The summed E-state index contributed by atoms with van der Waals surface area (Å²) < 4.78 is 5.11. The van der Waals surface area contributed by atoms with Gasteiger partial charge in [-0.25, -0.2) is 0 Å². The quantitative estimate of drug-likeness (QED) is 0.579. The van der Waals surface area contributed by atoms with Crippen LogP contribution in [0.2, 0.25) is 0 Å². The topological polar surface area (TPSA) is 126 Å². The molecule has 1 saturated carbocycles. The lowest BCUT2D eigenvalue weighted by Gasteiger charge is -2.50. The number of ether oxygens (including phenoxy) is 1. The highest BCUT2D eigenvalue weighted by Crippen LogP contribution is 2.54. The molecule has 1 aliphatic carbocycles. The summed E-state index contributed by atoms with van der Waals surface area (Å²) >= 11 is 1.29. The number of carbonyl (C=O) groups excluding carboxylic acids is 4. The first-order chi connectivity index (χ1) is 18.0. The minimum absolute atomic E-state index is 0. The zero-order valence-electron chi connectivity index (χ0n) is 23.0. The van der Waals surface area contributed by atoms with Gasteiger partial charge in [-0.1, -0.05) is 20.8 Å². The van der Waals surface area contributed by atoms with E-state index < -0.39 is 11.8 Å². The number of hydrogen-bond acceptors (Lipinski definition) is 7. The van der Waals surface area contributed by atoms with Crippen LogP contribution in [-0.4, -0.2) is 96.3 Å². The van der Waals surface area contributed by atoms with E-state index >= 15 is 0 Å². The lowest BCUT2D eigenvalue weighted by atomic mass is 9.71. The largest absolute Gasteiger partial charge is 0.384 e. The molecule has 0 radical (unpaired) electrons. The lowest BCUT2D eigenvalue weighted by Crippen LogP contribution is -2.64. The second-order valence-electron chi connectivity index (χ2n) is 12.0. The van der Waals surface area contributed by atoms with Gasteiger partial charge in [-0.05, 0) is 30.6 Å². The van der Waals surface area contributed by atoms with Gasteiger partial charge in [0, 0.05) is 65.6 Å². The molecule has 1 aromatic rings. The summed E-state index contributed by atoms with van der Waals surface area (Å²) in [7, 11) is 1.72. The van der Waals surface area contributed by atoms with E-state index in [4.69, 9.17) is 10.5 Å². The van der Waals surface area contributed by atoms with Crippen molar-refractivity contribution < 1.29 is 25.3 Å². The molecule has 0 unspecified atom stereocenters. The van der Waals surface area contributed by atoms with E-state index in [9.17, 15) is 19.2 Å². The fourth-order valence-corrected chi connectivity index (χ4v) is 6.77. The maximum Gasteiger partial charge on any atom is 0.265 e. The minimum Gasteiger partial charge on any atom is -0.384 e. The van der Waals surface area contributed by atoms with Gasteiger partial charge in [0.2, 0.25) is 17.7 Å². The van der Waals surface area contributed by atoms with E-state index in [1.165, 1.54) is 17.8 Å². The summed E-state index contributed by atoms with van der Waals surface area (Å²) in [6, 6.07) is 0. The van der Waals surface area contributed by atoms with Crippen molar-refractivity contribution in [3.8, 4) is 0 Å². The molecule has 3 saturated heterocycles. The number of primary amides is 1. The van der Waals surface area contributed by atoms with Crippen molar-refractivity contribution in [3.63, 3.8) is 0 Å². The molecule has 3 atom stereocenters. The number of methoxy groups -OCH3 is 1. The number of aromatic nitrogens is 1. The molecular weight excluding hydrogens is 506 g/mol. The molecule has 0 bridgehead atoms. The first kappa shape index (κ1) is 28.5. The van der Waals surface area contributed by atoms with Crippen molar-refractivity contribution in [2.45, 2.75) is 46.5 Å². The second kappa shape index (κ2) is 11.3. The van der Waals surface area contributed by atoms with E-state index in [0.717, 1.165) is 32.5 Å². The molecule has 4 heterocycles. The van der Waals surface area contributed by atoms with Crippen LogP contribution in [0.15, 0.2) is 11.7 Å². The smallest absolute Gasteiger partial charge is 0.265 e. The van der Waals surface area contributed by atoms with Crippen LogP contribution in [0.1, 0.15) is 57.6 Å². The number of piperidine rings is 1. The van der Waals surface area contributed by atoms with Crippen molar-refractivity contribution in [2.75, 3.05) is 53.0 Å². The summed E-state index contributed by atoms with van der Waals surface area (Å²) in [4.78, 5) is 58.5. The highest BCUT2D eigenvalue weighted by Gasteiger charge is 2.61. The lowest BCUT2D eigenvalue weighted by molar-refractivity contribution is -0.150. The van der Waals surface area contributed by atoms with Crippen molar-refractivity contribution in [1.82, 2.24) is 19.7 Å². The summed E-state index contributed by atoms with van der Waals surface area (Å²) in [6.07, 6.45) is 5.41. The molecule has 0 aromatic carbocycles. The normalized spacial score (nSPS) is 26.8. The average Bonchev–Trinajstić information content (AvgIpc) is 3.27. The SMILES string of the molecule is CC1(C)C[C@@H]1C(=O)N1CC2(CN(C(=O)c3cncs3)C[C@H]2C(N)=O)C1.CCC(=O)N1CCC[C@H](COC)C1.[HH]. The number of nitrogens with zero attached hydrogens (tertiary/aromatic N) is 4. The highest BCUT2D eigenvalue weighted by molar-refractivity contribution is 7.11. The molecule has 10 nitrogen and oxygen atoms in total. The molecule has 4 fully saturated rings. The van der Waals surface area contributed by atoms with E-state index in [2.05, 4.69) is 18.8 Å². The Morgan fingerprint density at radius 1 is 1.13 bits per heavy atom. The summed E-state index contributed by atoms with van der Waals surface area (Å²) in [5.41, 5.74) is 6.93. The van der Waals surface area contributed by atoms with Crippen LogP contribution in [0, 0.1) is 28.6 Å². The van der Waals surface area contributed by atoms with Gasteiger partial charge in [0.25, 0.3) is 5.91 Å². The van der Waals surface area contributed by atoms with Gasteiger partial charge in [-0.2, -0.15) is 0 Å². The fraction of sp³-hybridized carbons (Fsp3) is 0.741. The van der Waals surface area contributed by atoms with Crippen molar-refractivity contribution in [1.29, 1.82) is 0 Å². The van der Waals surface area contributed by atoms with Crippen molar-refractivity contribution in [3.05, 3.63) is 16.6 Å². The van der Waals surface area contributed by atoms with Crippen molar-refractivity contribution >= 4 is 35.0 Å². The number of carbonyl (C=O) groups is 4. The predicted molar refractivity (Wildman–Crippen MR) is 145 cm³/mol. The van der Waals surface area contributed by atoms with E-state index in [-0.39, 0.29) is 35.9 Å². The molecule has 38 heavy (non-hydrogen) atoms. The van der Waals surface area contributed by atoms with Gasteiger partial charge >= 0.3 is 0 Å². The predicted octanol–water partition coefficient (Wildman–Crippen LogP) is 2.10. The molecule has 1 spiro atoms. The standard InChI is InChI=1S/C17H22N4O3S.C10H19NO2.H2/c1-16(2)3-10(16)14(23)21-7-17(8-21)6-20(5-11(17)13(18)22)15(24)12-4-19-9-25-12;1-3-10(12)11-6-4-5-9(7-11)8-13-2;/h4,9-11H,3,5-8H2,1-2H3,(H2,18,22);9H,3-8H2,1-2H3;1H/t10-,11+;9-;/m10./s1. The molecular formula is C27H43N5O5S. The third-order valence-corrected chi connectivity index (χ3v) is 9.39. The summed E-state index contributed by atoms with van der Waals surface area (Å²) in [5.74, 6) is 0.187. The van der Waals surface area contributed by atoms with Crippen LogP contribution in [-0.2, 0) is 19.1 Å². The zero-order valence-corrected chi connectivity index (χ0v) is 23.8. The highest BCUT2D eigenvalue weighted by atomic mass is 32.1. The van der Waals surface area contributed by atoms with Crippen LogP contribution in [0.3, 0.4) is 0 Å². The van der Waals surface area contributed by atoms with Crippen LogP contribution >= 0.6 is 11.3 Å². The Kier molecular flexibility index (Phi) is 8.46. The minimum atomic E-state index is -0.402. The van der Waals surface area contributed by atoms with Gasteiger partial charge in [0.1, 0.15) is 4.88 Å². The molecule has 2 N–H and O–H groups in total. The Labute approximate surface area is 230 Å². The van der Waals surface area contributed by atoms with Crippen LogP contribution in [0.5, 0.6) is 0 Å². The van der Waals surface area contributed by atoms with Crippen LogP contribution < -0.4 is 5.73 Å². The number of thiazole rings is 1. The van der Waals surface area contributed by atoms with Crippen molar-refractivity contribution in [2.24, 2.45) is 34.3 Å². The van der Waals surface area contributed by atoms with Gasteiger partial charge in [-0.15, -0.1) is 11.3 Å². The summed E-state index contributed by atoms with van der Waals surface area (Å²) in [6.45, 7) is 10.5. The van der Waals surface area contributed by atoms with E-state index in [1.54, 1.807) is 23.7 Å². The third kappa shape index (κ3) is 5.88. The Morgan fingerprint density at radius 3 is 2.37 bits per heavy atom. The molecule has 212 valence electrons. The van der Waals surface area contributed by atoms with Crippen LogP contribution in [0.25, 0.3) is 0 Å². The second-order valence-corrected chi connectivity index (χ2v) is 12.9. The number of rotatable bonds is 6. The molecule has 4 aliphatic rings. The number of hydrogen-bond donors (Lipinski definition) is 1. The molecule has 5 rings (SSSR count). The molecule has 1 aromatic heterocycles. The van der Waals surface area contributed by atoms with Crippen LogP contribution in [0.4, 0.5) is 0 Å². The molecule has 3 aliphatic heterocycles. The third-order valence-electron chi connectivity index (χ3n) is 8.63. The maximum absolute atomic E-state index is 12.6. The summed E-state index contributed by atoms with van der Waals surface area (Å²) in [5, 5.41) is 0. The number of amides is 4. The Hall–Kier alpha value is -2.53. The van der Waals surface area contributed by atoms with Gasteiger partial charge in [0.05, 0.1) is 24.2 Å². The Bertz CT molecular complexity index is 1040. The number of likely N-dealkylation sites (tertiary alicyclic amines) is 3. The Balaban J connectivity index is 0.000000256. The first-order valence-electron chi connectivity index (χ1n) is 13.5. The fourth-order valence-electron chi connectivity index (χ4n) is 6.18. The molecule has 11 heteroatoms. The zero-order chi connectivity index (χ0) is 27.7. The van der Waals surface area contributed by atoms with Gasteiger partial charge < -0.3 is 25.2 Å². The van der Waals surface area contributed by atoms with Gasteiger partial charge in [-0.3, -0.25) is 24.2 Å². The monoisotopic (exact) mass is 549 g/mol. The maximum atomic E-state index is 12.6. The number of nitrogens with two attached hydrogens (primary N) is 1. The molecule has 4 amide bonds. The van der Waals surface area contributed by atoms with E-state index in [1.807, 2.05) is 16.7 Å². The Morgan fingerprint density at radius 2 is 1.82 bits per heavy atom. The first-order valence-corrected chi connectivity index (χ1v) is 14.4. The average molecular weight is 550 g/mol. The van der Waals surface area contributed by atoms with Gasteiger partial charge in [0.15, 0.2) is 0 Å².